The van der Waals surface area contributed by atoms with Crippen molar-refractivity contribution in [2.75, 3.05) is 31.2 Å². The fourth-order valence-corrected chi connectivity index (χ4v) is 3.84. The Morgan fingerprint density at radius 1 is 1.05 bits per heavy atom. The predicted molar refractivity (Wildman–Crippen MR) is 173 cm³/mol. The topological polar surface area (TPSA) is 99.8 Å². The van der Waals surface area contributed by atoms with Crippen LogP contribution in [0.2, 0.25) is 0 Å². The van der Waals surface area contributed by atoms with Crippen LogP contribution < -0.4 is 16.4 Å². The van der Waals surface area contributed by atoms with Gasteiger partial charge in [0, 0.05) is 20.0 Å². The number of amides is 1. The van der Waals surface area contributed by atoms with Gasteiger partial charge in [-0.05, 0) is 101 Å². The van der Waals surface area contributed by atoms with Crippen LogP contribution in [0.3, 0.4) is 0 Å². The number of nitrogen functional groups attached to an aromatic ring is 1. The summed E-state index contributed by atoms with van der Waals surface area (Å²) in [7, 11) is 1.88. The van der Waals surface area contributed by atoms with Crippen LogP contribution in [0.1, 0.15) is 75.6 Å². The molecule has 0 fully saturated rings. The van der Waals surface area contributed by atoms with Crippen LogP contribution in [0.15, 0.2) is 53.8 Å². The molecule has 7 nitrogen and oxygen atoms in total. The fourth-order valence-electron chi connectivity index (χ4n) is 3.84. The lowest BCUT2D eigenvalue weighted by Crippen LogP contribution is -2.28. The van der Waals surface area contributed by atoms with E-state index in [0.717, 1.165) is 43.7 Å². The Morgan fingerprint density at radius 2 is 1.60 bits per heavy atom. The number of aryl methyl sites for hydroxylation is 3. The molecule has 2 aromatic carbocycles. The van der Waals surface area contributed by atoms with Crippen LogP contribution in [-0.4, -0.2) is 43.9 Å². The number of nitrogens with two attached hydrogens (primary N) is 1. The van der Waals surface area contributed by atoms with Gasteiger partial charge in [0.05, 0.1) is 11.4 Å². The van der Waals surface area contributed by atoms with Gasteiger partial charge in [0.25, 0.3) is 0 Å². The molecule has 0 bridgehead atoms. The van der Waals surface area contributed by atoms with Crippen LogP contribution in [0.4, 0.5) is 11.4 Å². The second-order valence-electron chi connectivity index (χ2n) is 11.2. The molecule has 222 valence electrons. The fraction of sp³-hybridized carbons (Fsp3) is 0.485. The van der Waals surface area contributed by atoms with Gasteiger partial charge in [-0.1, -0.05) is 57.2 Å². The number of rotatable bonds is 12. The SMILES string of the molecule is C=NC(=C)NC(=O)CCCN(CCCC(C)(C)C)Cc1ccc(C)cc1.CC=O.CNc1cc(C)c(C)cc1N. The standard InChI is InChI=1S/C22H35N3O.C9H14N2.C2H4O/c1-18-10-12-20(13-11-18)17-25(16-8-14-22(3,4)5)15-7-9-21(26)24-19(2)23-6;1-6-4-8(10)9(11-3)5-7(6)2;1-2-3/h10-13H,2,6-9,14-17H2,1,3-5H3,(H,24,26);4-5,11H,10H2,1-3H3;2H,1H3. The Balaban J connectivity index is 0.000000893. The van der Waals surface area contributed by atoms with Gasteiger partial charge >= 0.3 is 0 Å². The van der Waals surface area contributed by atoms with E-state index in [4.69, 9.17) is 10.5 Å². The summed E-state index contributed by atoms with van der Waals surface area (Å²) in [5.74, 6) is 0.268. The molecule has 0 unspecified atom stereocenters. The number of hydrogen-bond donors (Lipinski definition) is 3. The van der Waals surface area contributed by atoms with Gasteiger partial charge in [0.1, 0.15) is 12.1 Å². The maximum absolute atomic E-state index is 11.9. The number of hydrogen-bond acceptors (Lipinski definition) is 6. The zero-order chi connectivity index (χ0) is 30.7. The highest BCUT2D eigenvalue weighted by Gasteiger charge is 2.13. The number of carbonyl (C=O) groups excluding carboxylic acids is 2. The molecule has 0 aliphatic heterocycles. The molecule has 0 saturated carbocycles. The summed E-state index contributed by atoms with van der Waals surface area (Å²) in [6, 6.07) is 12.7. The third-order valence-electron chi connectivity index (χ3n) is 6.22. The van der Waals surface area contributed by atoms with Crippen molar-refractivity contribution in [2.24, 2.45) is 10.4 Å². The molecule has 0 radical (unpaired) electrons. The minimum Gasteiger partial charge on any atom is -0.397 e. The van der Waals surface area contributed by atoms with Crippen LogP contribution >= 0.6 is 0 Å². The zero-order valence-electron chi connectivity index (χ0n) is 26.2. The molecule has 1 amide bonds. The number of aliphatic imine (C=N–C) groups is 1. The maximum atomic E-state index is 11.9. The van der Waals surface area contributed by atoms with Gasteiger partial charge in [-0.15, -0.1) is 0 Å². The highest BCUT2D eigenvalue weighted by atomic mass is 16.1. The second-order valence-corrected chi connectivity index (χ2v) is 11.2. The van der Waals surface area contributed by atoms with Crippen molar-refractivity contribution in [1.82, 2.24) is 10.2 Å². The van der Waals surface area contributed by atoms with Crippen molar-refractivity contribution in [3.8, 4) is 0 Å². The molecule has 0 spiro atoms. The summed E-state index contributed by atoms with van der Waals surface area (Å²) >= 11 is 0. The van der Waals surface area contributed by atoms with Gasteiger partial charge in [0.15, 0.2) is 0 Å². The average Bonchev–Trinajstić information content (AvgIpc) is 2.87. The van der Waals surface area contributed by atoms with E-state index in [1.165, 1.54) is 42.0 Å². The molecule has 0 aromatic heterocycles. The quantitative estimate of drug-likeness (QED) is 0.153. The summed E-state index contributed by atoms with van der Waals surface area (Å²) in [6.45, 7) is 24.4. The van der Waals surface area contributed by atoms with Crippen LogP contribution in [0.5, 0.6) is 0 Å². The summed E-state index contributed by atoms with van der Waals surface area (Å²) in [6.07, 6.45) is 4.40. The van der Waals surface area contributed by atoms with Crippen LogP contribution in [0, 0.1) is 26.2 Å². The Labute approximate surface area is 243 Å². The van der Waals surface area contributed by atoms with E-state index in [0.29, 0.717) is 17.7 Å². The van der Waals surface area contributed by atoms with Gasteiger partial charge in [-0.3, -0.25) is 9.69 Å². The molecule has 0 atom stereocenters. The average molecular weight is 552 g/mol. The second kappa shape index (κ2) is 19.6. The smallest absolute Gasteiger partial charge is 0.225 e. The van der Waals surface area contributed by atoms with Crippen molar-refractivity contribution in [3.05, 3.63) is 71.1 Å². The number of nitrogens with one attached hydrogen (secondary N) is 2. The summed E-state index contributed by atoms with van der Waals surface area (Å²) in [5.41, 5.74) is 13.0. The van der Waals surface area contributed by atoms with Crippen molar-refractivity contribution in [3.63, 3.8) is 0 Å². The summed E-state index contributed by atoms with van der Waals surface area (Å²) in [4.78, 5) is 26.7. The van der Waals surface area contributed by atoms with E-state index in [9.17, 15) is 4.79 Å². The van der Waals surface area contributed by atoms with Gasteiger partial charge in [-0.2, -0.15) is 0 Å². The molecule has 4 N–H and O–H groups in total. The largest absolute Gasteiger partial charge is 0.397 e. The Morgan fingerprint density at radius 3 is 2.12 bits per heavy atom. The first kappa shape index (κ1) is 36.5. The summed E-state index contributed by atoms with van der Waals surface area (Å²) < 4.78 is 0. The van der Waals surface area contributed by atoms with Crippen molar-refractivity contribution in [2.45, 2.75) is 80.7 Å². The van der Waals surface area contributed by atoms with E-state index in [1.54, 1.807) is 0 Å². The number of benzene rings is 2. The third-order valence-corrected chi connectivity index (χ3v) is 6.22. The molecular formula is C33H53N5O2. The van der Waals surface area contributed by atoms with Gasteiger partial charge < -0.3 is 21.2 Å². The molecular weight excluding hydrogens is 498 g/mol. The van der Waals surface area contributed by atoms with E-state index >= 15 is 0 Å². The summed E-state index contributed by atoms with van der Waals surface area (Å²) in [5, 5.41) is 5.68. The number of aldehydes is 1. The monoisotopic (exact) mass is 551 g/mol. The van der Waals surface area contributed by atoms with E-state index in [2.05, 4.69) is 106 Å². The lowest BCUT2D eigenvalue weighted by molar-refractivity contribution is -0.120. The molecule has 40 heavy (non-hydrogen) atoms. The highest BCUT2D eigenvalue weighted by Crippen LogP contribution is 2.22. The van der Waals surface area contributed by atoms with Crippen molar-refractivity contribution >= 4 is 30.3 Å². The normalized spacial score (nSPS) is 10.4. The van der Waals surface area contributed by atoms with Gasteiger partial charge in [0.2, 0.25) is 5.91 Å². The highest BCUT2D eigenvalue weighted by molar-refractivity contribution is 5.77. The molecule has 2 aromatic rings. The zero-order valence-corrected chi connectivity index (χ0v) is 26.2. The van der Waals surface area contributed by atoms with Crippen molar-refractivity contribution < 1.29 is 9.59 Å². The van der Waals surface area contributed by atoms with E-state index < -0.39 is 0 Å². The molecule has 2 rings (SSSR count). The first-order valence-electron chi connectivity index (χ1n) is 13.9. The first-order valence-corrected chi connectivity index (χ1v) is 13.9. The molecule has 0 heterocycles. The third kappa shape index (κ3) is 17.2. The molecule has 7 heteroatoms. The Hall–Kier alpha value is -3.45. The number of nitrogens with zero attached hydrogens (tertiary/aromatic N) is 2. The molecule has 0 saturated heterocycles. The first-order chi connectivity index (χ1) is 18.8. The maximum Gasteiger partial charge on any atom is 0.225 e. The number of anilines is 2. The van der Waals surface area contributed by atoms with Crippen LogP contribution in [0.25, 0.3) is 0 Å². The van der Waals surface area contributed by atoms with Gasteiger partial charge in [-0.25, -0.2) is 4.99 Å². The lowest BCUT2D eigenvalue weighted by atomic mass is 9.90. The predicted octanol–water partition coefficient (Wildman–Crippen LogP) is 6.82. The van der Waals surface area contributed by atoms with Crippen LogP contribution in [-0.2, 0) is 16.1 Å². The van der Waals surface area contributed by atoms with E-state index in [1.807, 2.05) is 13.1 Å². The molecule has 0 aliphatic carbocycles. The minimum atomic E-state index is -0.0487. The number of carbonyl (C=O) groups is 2. The van der Waals surface area contributed by atoms with Crippen molar-refractivity contribution in [1.29, 1.82) is 0 Å². The lowest BCUT2D eigenvalue weighted by Gasteiger charge is -2.25. The molecule has 0 aliphatic rings. The van der Waals surface area contributed by atoms with E-state index in [-0.39, 0.29) is 5.91 Å². The minimum absolute atomic E-state index is 0.0487. The Kier molecular flexibility index (Phi) is 17.9. The Bertz CT molecular complexity index is 1060.